The summed E-state index contributed by atoms with van der Waals surface area (Å²) >= 11 is 5.33. The smallest absolute Gasteiger partial charge is 0.0331 e. The van der Waals surface area contributed by atoms with E-state index in [0.717, 1.165) is 19.0 Å². The average Bonchev–Trinajstić information content (AvgIpc) is 2.67. The lowest BCUT2D eigenvalue weighted by Crippen LogP contribution is -2.45. The quantitative estimate of drug-likeness (QED) is 0.930. The monoisotopic (exact) mass is 302 g/mol. The summed E-state index contributed by atoms with van der Waals surface area (Å²) in [5.74, 6) is 0.833. The van der Waals surface area contributed by atoms with E-state index in [4.69, 9.17) is 5.73 Å². The minimum Gasteiger partial charge on any atom is -0.329 e. The standard InChI is InChI=1S/C12H19BrN2S/c1-9-2-3-15(11(4-9)6-14)7-12-5-10(13)8-16-12/h5,8-9,11H,2-4,6-7,14H2,1H3. The molecule has 0 radical (unpaired) electrons. The van der Waals surface area contributed by atoms with E-state index < -0.39 is 0 Å². The second-order valence-corrected chi connectivity index (χ2v) is 6.63. The molecule has 2 unspecified atom stereocenters. The lowest BCUT2D eigenvalue weighted by Gasteiger charge is -2.37. The number of halogens is 1. The Kier molecular flexibility index (Phi) is 4.41. The topological polar surface area (TPSA) is 29.3 Å². The van der Waals surface area contributed by atoms with Gasteiger partial charge in [0, 0.05) is 33.9 Å². The van der Waals surface area contributed by atoms with Crippen LogP contribution < -0.4 is 5.73 Å². The lowest BCUT2D eigenvalue weighted by atomic mass is 9.92. The molecule has 1 aromatic rings. The molecule has 90 valence electrons. The van der Waals surface area contributed by atoms with E-state index in [1.54, 1.807) is 0 Å². The van der Waals surface area contributed by atoms with Gasteiger partial charge in [0.25, 0.3) is 0 Å². The largest absolute Gasteiger partial charge is 0.329 e. The van der Waals surface area contributed by atoms with Gasteiger partial charge in [0.15, 0.2) is 0 Å². The van der Waals surface area contributed by atoms with Gasteiger partial charge in [-0.2, -0.15) is 0 Å². The van der Waals surface area contributed by atoms with Crippen LogP contribution in [0.3, 0.4) is 0 Å². The van der Waals surface area contributed by atoms with Crippen LogP contribution >= 0.6 is 27.3 Å². The van der Waals surface area contributed by atoms with Crippen molar-refractivity contribution in [2.75, 3.05) is 13.1 Å². The van der Waals surface area contributed by atoms with E-state index in [0.29, 0.717) is 6.04 Å². The summed E-state index contributed by atoms with van der Waals surface area (Å²) in [6.07, 6.45) is 2.56. The summed E-state index contributed by atoms with van der Waals surface area (Å²) < 4.78 is 1.20. The molecule has 2 N–H and O–H groups in total. The van der Waals surface area contributed by atoms with Gasteiger partial charge in [0.05, 0.1) is 0 Å². The molecule has 1 saturated heterocycles. The highest BCUT2D eigenvalue weighted by molar-refractivity contribution is 9.10. The van der Waals surface area contributed by atoms with Gasteiger partial charge in [-0.3, -0.25) is 4.90 Å². The van der Waals surface area contributed by atoms with Crippen molar-refractivity contribution in [3.63, 3.8) is 0 Å². The van der Waals surface area contributed by atoms with Crippen molar-refractivity contribution in [1.82, 2.24) is 4.90 Å². The van der Waals surface area contributed by atoms with Gasteiger partial charge >= 0.3 is 0 Å². The summed E-state index contributed by atoms with van der Waals surface area (Å²) in [6.45, 7) is 5.38. The first-order valence-corrected chi connectivity index (χ1v) is 7.53. The molecule has 16 heavy (non-hydrogen) atoms. The number of piperidine rings is 1. The number of thiophene rings is 1. The Morgan fingerprint density at radius 1 is 1.62 bits per heavy atom. The number of hydrogen-bond acceptors (Lipinski definition) is 3. The van der Waals surface area contributed by atoms with Crippen molar-refractivity contribution in [2.24, 2.45) is 11.7 Å². The predicted octanol–water partition coefficient (Wildman–Crippen LogP) is 3.07. The van der Waals surface area contributed by atoms with Crippen LogP contribution in [0.4, 0.5) is 0 Å². The van der Waals surface area contributed by atoms with Crippen LogP contribution in [-0.2, 0) is 6.54 Å². The maximum Gasteiger partial charge on any atom is 0.0331 e. The molecule has 1 fully saturated rings. The summed E-state index contributed by atoms with van der Waals surface area (Å²) in [4.78, 5) is 3.97. The summed E-state index contributed by atoms with van der Waals surface area (Å²) in [5.41, 5.74) is 5.87. The average molecular weight is 303 g/mol. The van der Waals surface area contributed by atoms with Crippen molar-refractivity contribution in [2.45, 2.75) is 32.4 Å². The third-order valence-electron chi connectivity index (χ3n) is 3.35. The fraction of sp³-hybridized carbons (Fsp3) is 0.667. The molecule has 4 heteroatoms. The molecule has 0 bridgehead atoms. The van der Waals surface area contributed by atoms with Crippen LogP contribution in [0, 0.1) is 5.92 Å². The summed E-state index contributed by atoms with van der Waals surface area (Å²) in [7, 11) is 0. The molecule has 2 nitrogen and oxygen atoms in total. The predicted molar refractivity (Wildman–Crippen MR) is 73.7 cm³/mol. The Balaban J connectivity index is 1.97. The maximum absolute atomic E-state index is 5.87. The highest BCUT2D eigenvalue weighted by Gasteiger charge is 2.25. The van der Waals surface area contributed by atoms with Crippen LogP contribution in [-0.4, -0.2) is 24.0 Å². The molecule has 0 spiro atoms. The molecule has 2 heterocycles. The fourth-order valence-corrected chi connectivity index (χ4v) is 3.87. The Bertz CT molecular complexity index is 340. The summed E-state index contributed by atoms with van der Waals surface area (Å²) in [6, 6.07) is 2.79. The third kappa shape index (κ3) is 3.06. The molecule has 0 aromatic carbocycles. The van der Waals surface area contributed by atoms with Gasteiger partial charge in [0.2, 0.25) is 0 Å². The second kappa shape index (κ2) is 5.63. The molecule has 2 atom stereocenters. The van der Waals surface area contributed by atoms with Crippen LogP contribution in [0.5, 0.6) is 0 Å². The molecular formula is C12H19BrN2S. The molecular weight excluding hydrogens is 284 g/mol. The van der Waals surface area contributed by atoms with E-state index in [1.165, 1.54) is 28.7 Å². The molecule has 0 saturated carbocycles. The van der Waals surface area contributed by atoms with Gasteiger partial charge in [-0.25, -0.2) is 0 Å². The number of hydrogen-bond donors (Lipinski definition) is 1. The molecule has 1 aromatic heterocycles. The Morgan fingerprint density at radius 3 is 3.06 bits per heavy atom. The maximum atomic E-state index is 5.87. The highest BCUT2D eigenvalue weighted by Crippen LogP contribution is 2.26. The van der Waals surface area contributed by atoms with Crippen molar-refractivity contribution in [3.05, 3.63) is 20.8 Å². The summed E-state index contributed by atoms with van der Waals surface area (Å²) in [5, 5.41) is 2.15. The van der Waals surface area contributed by atoms with E-state index in [-0.39, 0.29) is 0 Å². The first-order valence-electron chi connectivity index (χ1n) is 5.86. The first-order chi connectivity index (χ1) is 7.69. The van der Waals surface area contributed by atoms with E-state index in [2.05, 4.69) is 39.2 Å². The number of likely N-dealkylation sites (tertiary alicyclic amines) is 1. The zero-order valence-corrected chi connectivity index (χ0v) is 12.1. The minimum absolute atomic E-state index is 0.574. The SMILES string of the molecule is CC1CCN(Cc2cc(Br)cs2)C(CN)C1. The molecule has 0 amide bonds. The normalized spacial score (nSPS) is 27.2. The van der Waals surface area contributed by atoms with Gasteiger partial charge in [0.1, 0.15) is 0 Å². The van der Waals surface area contributed by atoms with Crippen molar-refractivity contribution < 1.29 is 0 Å². The first kappa shape index (κ1) is 12.6. The number of rotatable bonds is 3. The van der Waals surface area contributed by atoms with E-state index >= 15 is 0 Å². The van der Waals surface area contributed by atoms with Crippen molar-refractivity contribution >= 4 is 27.3 Å². The third-order valence-corrected chi connectivity index (χ3v) is 5.04. The van der Waals surface area contributed by atoms with Gasteiger partial charge in [-0.15, -0.1) is 11.3 Å². The van der Waals surface area contributed by atoms with Gasteiger partial charge in [-0.05, 0) is 47.3 Å². The number of nitrogens with zero attached hydrogens (tertiary/aromatic N) is 1. The Labute approximate surface area is 110 Å². The van der Waals surface area contributed by atoms with Gasteiger partial charge in [-0.1, -0.05) is 6.92 Å². The van der Waals surface area contributed by atoms with E-state index in [1.807, 2.05) is 11.3 Å². The molecule has 1 aliphatic heterocycles. The van der Waals surface area contributed by atoms with Gasteiger partial charge < -0.3 is 5.73 Å². The molecule has 1 aliphatic rings. The lowest BCUT2D eigenvalue weighted by molar-refractivity contribution is 0.116. The van der Waals surface area contributed by atoms with Crippen LogP contribution in [0.1, 0.15) is 24.6 Å². The zero-order chi connectivity index (χ0) is 11.5. The highest BCUT2D eigenvalue weighted by atomic mass is 79.9. The minimum atomic E-state index is 0.574. The Morgan fingerprint density at radius 2 is 2.44 bits per heavy atom. The van der Waals surface area contributed by atoms with Crippen LogP contribution in [0.2, 0.25) is 0 Å². The van der Waals surface area contributed by atoms with E-state index in [9.17, 15) is 0 Å². The Hall–Kier alpha value is 0.1000. The fourth-order valence-electron chi connectivity index (χ4n) is 2.39. The van der Waals surface area contributed by atoms with Crippen LogP contribution in [0.15, 0.2) is 15.9 Å². The van der Waals surface area contributed by atoms with Crippen molar-refractivity contribution in [1.29, 1.82) is 0 Å². The molecule has 2 rings (SSSR count). The zero-order valence-electron chi connectivity index (χ0n) is 9.66. The van der Waals surface area contributed by atoms with Crippen molar-refractivity contribution in [3.8, 4) is 0 Å². The molecule has 0 aliphatic carbocycles. The number of nitrogens with two attached hydrogens (primary N) is 1. The second-order valence-electron chi connectivity index (χ2n) is 4.72. The van der Waals surface area contributed by atoms with Crippen LogP contribution in [0.25, 0.3) is 0 Å².